The summed E-state index contributed by atoms with van der Waals surface area (Å²) in [6.45, 7) is 1.39. The van der Waals surface area contributed by atoms with Crippen molar-refractivity contribution in [2.24, 2.45) is 0 Å². The van der Waals surface area contributed by atoms with Crippen molar-refractivity contribution >= 4 is 27.5 Å². The molecule has 0 saturated heterocycles. The molecule has 1 aliphatic heterocycles. The van der Waals surface area contributed by atoms with Crippen molar-refractivity contribution in [2.45, 2.75) is 18.9 Å². The SMILES string of the molecule is CN(CC(=O)Nc1cc2c(cc1Br)OCCO2)[C@@H]1CCc2ccccc21. The summed E-state index contributed by atoms with van der Waals surface area (Å²) in [7, 11) is 2.01. The molecule has 0 fully saturated rings. The summed E-state index contributed by atoms with van der Waals surface area (Å²) < 4.78 is 11.9. The van der Waals surface area contributed by atoms with E-state index in [0.29, 0.717) is 43.0 Å². The highest BCUT2D eigenvalue weighted by molar-refractivity contribution is 9.10. The number of fused-ring (bicyclic) bond motifs is 2. The van der Waals surface area contributed by atoms with Crippen molar-refractivity contribution in [3.8, 4) is 11.5 Å². The van der Waals surface area contributed by atoms with Crippen molar-refractivity contribution < 1.29 is 14.3 Å². The number of aryl methyl sites for hydroxylation is 1. The summed E-state index contributed by atoms with van der Waals surface area (Å²) in [5.41, 5.74) is 3.42. The number of carbonyl (C=O) groups is 1. The predicted molar refractivity (Wildman–Crippen MR) is 104 cm³/mol. The average molecular weight is 417 g/mol. The van der Waals surface area contributed by atoms with Crippen LogP contribution in [0.3, 0.4) is 0 Å². The minimum absolute atomic E-state index is 0.0470. The van der Waals surface area contributed by atoms with E-state index in [-0.39, 0.29) is 5.91 Å². The van der Waals surface area contributed by atoms with Gasteiger partial charge >= 0.3 is 0 Å². The van der Waals surface area contributed by atoms with Crippen LogP contribution < -0.4 is 14.8 Å². The Bertz CT molecular complexity index is 840. The highest BCUT2D eigenvalue weighted by Gasteiger charge is 2.26. The van der Waals surface area contributed by atoms with E-state index in [9.17, 15) is 4.79 Å². The number of anilines is 1. The third-order valence-electron chi connectivity index (χ3n) is 4.93. The normalized spacial score (nSPS) is 17.9. The first-order chi connectivity index (χ1) is 12.6. The number of nitrogens with zero attached hydrogens (tertiary/aromatic N) is 1. The molecule has 6 heteroatoms. The number of halogens is 1. The van der Waals surface area contributed by atoms with Crippen LogP contribution in [0.4, 0.5) is 5.69 Å². The van der Waals surface area contributed by atoms with Gasteiger partial charge in [-0.2, -0.15) is 0 Å². The molecule has 1 N–H and O–H groups in total. The molecule has 5 nitrogen and oxygen atoms in total. The molecule has 0 aromatic heterocycles. The first-order valence-electron chi connectivity index (χ1n) is 8.79. The van der Waals surface area contributed by atoms with E-state index >= 15 is 0 Å². The van der Waals surface area contributed by atoms with Gasteiger partial charge in [0.15, 0.2) is 11.5 Å². The Morgan fingerprint density at radius 3 is 2.77 bits per heavy atom. The first kappa shape index (κ1) is 17.4. The van der Waals surface area contributed by atoms with Gasteiger partial charge in [-0.15, -0.1) is 0 Å². The van der Waals surface area contributed by atoms with E-state index in [2.05, 4.69) is 50.4 Å². The standard InChI is InChI=1S/C20H21BrN2O3/c1-23(17-7-6-13-4-2-3-5-14(13)17)12-20(24)22-16-11-19-18(10-15(16)21)25-8-9-26-19/h2-5,10-11,17H,6-9,12H2,1H3,(H,22,24)/t17-/m1/s1. The number of carbonyl (C=O) groups excluding carboxylic acids is 1. The number of rotatable bonds is 4. The summed E-state index contributed by atoms with van der Waals surface area (Å²) in [5, 5.41) is 2.98. The van der Waals surface area contributed by atoms with Gasteiger partial charge in [0.05, 0.1) is 12.2 Å². The molecule has 0 unspecified atom stereocenters. The molecule has 1 heterocycles. The van der Waals surface area contributed by atoms with Crippen molar-refractivity contribution in [1.82, 2.24) is 4.90 Å². The molecule has 1 amide bonds. The van der Waals surface area contributed by atoms with E-state index in [0.717, 1.165) is 17.3 Å². The lowest BCUT2D eigenvalue weighted by Crippen LogP contribution is -2.32. The van der Waals surface area contributed by atoms with Gasteiger partial charge in [-0.25, -0.2) is 0 Å². The van der Waals surface area contributed by atoms with E-state index in [4.69, 9.17) is 9.47 Å². The van der Waals surface area contributed by atoms with Gasteiger partial charge in [-0.3, -0.25) is 9.69 Å². The van der Waals surface area contributed by atoms with Crippen LogP contribution in [0, 0.1) is 0 Å². The van der Waals surface area contributed by atoms with Gasteiger partial charge in [-0.05, 0) is 46.9 Å². The molecule has 0 bridgehead atoms. The van der Waals surface area contributed by atoms with Gasteiger partial charge in [0, 0.05) is 22.6 Å². The molecule has 26 heavy (non-hydrogen) atoms. The van der Waals surface area contributed by atoms with Crippen LogP contribution in [-0.2, 0) is 11.2 Å². The largest absolute Gasteiger partial charge is 0.486 e. The van der Waals surface area contributed by atoms with Crippen LogP contribution >= 0.6 is 15.9 Å². The van der Waals surface area contributed by atoms with Gasteiger partial charge < -0.3 is 14.8 Å². The summed E-state index contributed by atoms with van der Waals surface area (Å²) in [6, 6.07) is 12.4. The molecule has 136 valence electrons. The summed E-state index contributed by atoms with van der Waals surface area (Å²) in [4.78, 5) is 14.7. The van der Waals surface area contributed by atoms with Gasteiger partial charge in [0.2, 0.25) is 5.91 Å². The lowest BCUT2D eigenvalue weighted by molar-refractivity contribution is -0.117. The van der Waals surface area contributed by atoms with Gasteiger partial charge in [0.1, 0.15) is 13.2 Å². The Hall–Kier alpha value is -2.05. The fraction of sp³-hybridized carbons (Fsp3) is 0.350. The molecular weight excluding hydrogens is 396 g/mol. The molecule has 0 radical (unpaired) electrons. The molecule has 2 aromatic rings. The van der Waals surface area contributed by atoms with Crippen molar-refractivity contribution in [1.29, 1.82) is 0 Å². The Morgan fingerprint density at radius 1 is 1.23 bits per heavy atom. The third kappa shape index (κ3) is 3.44. The zero-order chi connectivity index (χ0) is 18.1. The Balaban J connectivity index is 1.43. The van der Waals surface area contributed by atoms with E-state index in [1.807, 2.05) is 13.1 Å². The van der Waals surface area contributed by atoms with Gasteiger partial charge in [-0.1, -0.05) is 24.3 Å². The van der Waals surface area contributed by atoms with Crippen LogP contribution in [-0.4, -0.2) is 37.6 Å². The smallest absolute Gasteiger partial charge is 0.238 e. The molecule has 1 aliphatic carbocycles. The number of nitrogens with one attached hydrogen (secondary N) is 1. The van der Waals surface area contributed by atoms with Crippen LogP contribution in [0.2, 0.25) is 0 Å². The fourth-order valence-corrected chi connectivity index (χ4v) is 4.10. The second kappa shape index (κ2) is 7.29. The van der Waals surface area contributed by atoms with Crippen LogP contribution in [0.5, 0.6) is 11.5 Å². The summed E-state index contributed by atoms with van der Waals surface area (Å²) >= 11 is 3.49. The first-order valence-corrected chi connectivity index (χ1v) is 9.58. The number of ether oxygens (including phenoxy) is 2. The van der Waals surface area contributed by atoms with Gasteiger partial charge in [0.25, 0.3) is 0 Å². The van der Waals surface area contributed by atoms with Crippen LogP contribution in [0.1, 0.15) is 23.6 Å². The topological polar surface area (TPSA) is 50.8 Å². The minimum Gasteiger partial charge on any atom is -0.486 e. The lowest BCUT2D eigenvalue weighted by atomic mass is 10.1. The van der Waals surface area contributed by atoms with E-state index in [1.165, 1.54) is 11.1 Å². The molecule has 4 rings (SSSR count). The zero-order valence-corrected chi connectivity index (χ0v) is 16.2. The number of benzene rings is 2. The maximum absolute atomic E-state index is 12.6. The van der Waals surface area contributed by atoms with Crippen molar-refractivity contribution in [2.75, 3.05) is 32.1 Å². The summed E-state index contributed by atoms with van der Waals surface area (Å²) in [6.07, 6.45) is 2.12. The maximum Gasteiger partial charge on any atom is 0.238 e. The molecule has 0 saturated carbocycles. The maximum atomic E-state index is 12.6. The second-order valence-corrected chi connectivity index (χ2v) is 7.55. The molecule has 0 spiro atoms. The highest BCUT2D eigenvalue weighted by Crippen LogP contribution is 2.38. The quantitative estimate of drug-likeness (QED) is 0.823. The Kier molecular flexibility index (Phi) is 4.87. The summed E-state index contributed by atoms with van der Waals surface area (Å²) in [5.74, 6) is 1.31. The predicted octanol–water partition coefficient (Wildman–Crippen LogP) is 3.78. The third-order valence-corrected chi connectivity index (χ3v) is 5.59. The van der Waals surface area contributed by atoms with Crippen molar-refractivity contribution in [3.05, 3.63) is 52.0 Å². The number of hydrogen-bond donors (Lipinski definition) is 1. The van der Waals surface area contributed by atoms with Crippen LogP contribution in [0.15, 0.2) is 40.9 Å². The Morgan fingerprint density at radius 2 is 1.96 bits per heavy atom. The second-order valence-electron chi connectivity index (χ2n) is 6.69. The zero-order valence-electron chi connectivity index (χ0n) is 14.6. The number of likely N-dealkylation sites (N-methyl/N-ethyl adjacent to an activating group) is 1. The monoisotopic (exact) mass is 416 g/mol. The number of amides is 1. The lowest BCUT2D eigenvalue weighted by Gasteiger charge is -2.25. The molecule has 2 aromatic carbocycles. The minimum atomic E-state index is -0.0470. The fourth-order valence-electron chi connectivity index (χ4n) is 3.68. The number of hydrogen-bond acceptors (Lipinski definition) is 4. The van der Waals surface area contributed by atoms with E-state index in [1.54, 1.807) is 6.07 Å². The van der Waals surface area contributed by atoms with Crippen LogP contribution in [0.25, 0.3) is 0 Å². The molecule has 1 atom stereocenters. The highest BCUT2D eigenvalue weighted by atomic mass is 79.9. The molecular formula is C20H21BrN2O3. The molecule has 2 aliphatic rings. The van der Waals surface area contributed by atoms with Crippen molar-refractivity contribution in [3.63, 3.8) is 0 Å². The average Bonchev–Trinajstić information content (AvgIpc) is 3.06. The Labute approximate surface area is 161 Å². The van der Waals surface area contributed by atoms with E-state index < -0.39 is 0 Å².